The molecule has 1 saturated carbocycles. The molecule has 1 saturated heterocycles. The number of fused-ring (bicyclic) bond motifs is 1. The van der Waals surface area contributed by atoms with Crippen molar-refractivity contribution in [3.05, 3.63) is 47.0 Å². The van der Waals surface area contributed by atoms with E-state index in [4.69, 9.17) is 10.1 Å². The molecule has 31 heavy (non-hydrogen) atoms. The van der Waals surface area contributed by atoms with Crippen molar-refractivity contribution in [1.82, 2.24) is 5.43 Å². The van der Waals surface area contributed by atoms with Crippen molar-refractivity contribution in [2.45, 2.75) is 46.1 Å². The van der Waals surface area contributed by atoms with E-state index in [-0.39, 0.29) is 23.6 Å². The predicted octanol–water partition coefficient (Wildman–Crippen LogP) is 4.46. The Morgan fingerprint density at radius 3 is 2.42 bits per heavy atom. The second-order valence-corrected chi connectivity index (χ2v) is 7.28. The molecule has 1 aromatic rings. The maximum atomic E-state index is 12.6. The van der Waals surface area contributed by atoms with E-state index in [9.17, 15) is 18.0 Å². The minimum absolute atomic E-state index is 0.00546. The lowest BCUT2D eigenvalue weighted by molar-refractivity contribution is -0.115. The summed E-state index contributed by atoms with van der Waals surface area (Å²) in [6, 6.07) is 6.84. The SMILES string of the molecule is C1OCC2CC12.CCC/C(OC(F)F)=C1/C=NNC(=O)C1=N.CCc1ccccc1F. The number of carbonyl (C=O) groups is 1. The summed E-state index contributed by atoms with van der Waals surface area (Å²) in [6.07, 6.45) is 4.15. The molecule has 170 valence electrons. The smallest absolute Gasteiger partial charge is 0.387 e. The number of hydrogen-bond donors (Lipinski definition) is 2. The van der Waals surface area contributed by atoms with E-state index < -0.39 is 18.2 Å². The zero-order valence-corrected chi connectivity index (χ0v) is 17.7. The summed E-state index contributed by atoms with van der Waals surface area (Å²) in [7, 11) is 0. The first-order valence-electron chi connectivity index (χ1n) is 10.3. The van der Waals surface area contributed by atoms with Crippen molar-refractivity contribution in [1.29, 1.82) is 5.41 Å². The maximum Gasteiger partial charge on any atom is 0.387 e. The van der Waals surface area contributed by atoms with Crippen LogP contribution in [-0.2, 0) is 20.7 Å². The Bertz CT molecular complexity index is 819. The van der Waals surface area contributed by atoms with Crippen LogP contribution in [-0.4, -0.2) is 37.7 Å². The summed E-state index contributed by atoms with van der Waals surface area (Å²) in [6.45, 7) is 2.87. The van der Waals surface area contributed by atoms with Gasteiger partial charge in [-0.1, -0.05) is 32.0 Å². The second kappa shape index (κ2) is 12.2. The highest BCUT2D eigenvalue weighted by Gasteiger charge is 2.41. The molecular weight excluding hydrogens is 411 g/mol. The Morgan fingerprint density at radius 1 is 1.29 bits per heavy atom. The van der Waals surface area contributed by atoms with Crippen LogP contribution in [0.5, 0.6) is 0 Å². The van der Waals surface area contributed by atoms with Gasteiger partial charge in [0.05, 0.1) is 11.8 Å². The number of hydrazone groups is 1. The summed E-state index contributed by atoms with van der Waals surface area (Å²) in [4.78, 5) is 11.1. The first-order valence-corrected chi connectivity index (χ1v) is 10.3. The minimum Gasteiger partial charge on any atom is -0.439 e. The average Bonchev–Trinajstić information content (AvgIpc) is 3.35. The summed E-state index contributed by atoms with van der Waals surface area (Å²) in [5.74, 6) is 1.07. The monoisotopic (exact) mass is 439 g/mol. The van der Waals surface area contributed by atoms with Gasteiger partial charge in [0.15, 0.2) is 0 Å². The van der Waals surface area contributed by atoms with Gasteiger partial charge >= 0.3 is 6.61 Å². The zero-order valence-electron chi connectivity index (χ0n) is 17.7. The molecule has 1 amide bonds. The van der Waals surface area contributed by atoms with E-state index in [2.05, 4.69) is 9.84 Å². The highest BCUT2D eigenvalue weighted by atomic mass is 19.3. The lowest BCUT2D eigenvalue weighted by Crippen LogP contribution is -2.33. The van der Waals surface area contributed by atoms with Crippen molar-refractivity contribution in [2.75, 3.05) is 13.2 Å². The molecule has 2 fully saturated rings. The Labute approximate surface area is 180 Å². The third kappa shape index (κ3) is 7.82. The highest BCUT2D eigenvalue weighted by molar-refractivity contribution is 6.49. The number of alkyl halides is 2. The van der Waals surface area contributed by atoms with Crippen LogP contribution in [0.2, 0.25) is 0 Å². The van der Waals surface area contributed by atoms with Crippen molar-refractivity contribution in [2.24, 2.45) is 16.9 Å². The molecule has 0 bridgehead atoms. The molecule has 0 radical (unpaired) electrons. The number of nitrogens with zero attached hydrogens (tertiary/aromatic N) is 1. The summed E-state index contributed by atoms with van der Waals surface area (Å²) < 4.78 is 46.2. The van der Waals surface area contributed by atoms with Crippen LogP contribution in [0, 0.1) is 23.1 Å². The Balaban J connectivity index is 0.000000187. The number of allylic oxidation sites excluding steroid dienone is 1. The molecule has 1 aliphatic carbocycles. The molecule has 0 aromatic heterocycles. The Morgan fingerprint density at radius 2 is 1.97 bits per heavy atom. The summed E-state index contributed by atoms with van der Waals surface area (Å²) in [5.41, 5.74) is 2.42. The van der Waals surface area contributed by atoms with E-state index in [1.54, 1.807) is 19.1 Å². The number of benzene rings is 1. The number of carbonyl (C=O) groups excluding carboxylic acids is 1. The number of nitrogens with one attached hydrogen (secondary N) is 2. The van der Waals surface area contributed by atoms with Gasteiger partial charge in [-0.25, -0.2) is 9.82 Å². The Kier molecular flexibility index (Phi) is 9.71. The molecule has 2 unspecified atom stereocenters. The van der Waals surface area contributed by atoms with Gasteiger partial charge in [-0.2, -0.15) is 13.9 Å². The van der Waals surface area contributed by atoms with Gasteiger partial charge in [0.2, 0.25) is 0 Å². The number of halogens is 3. The van der Waals surface area contributed by atoms with E-state index >= 15 is 0 Å². The number of hydrogen-bond acceptors (Lipinski definition) is 5. The van der Waals surface area contributed by atoms with E-state index in [1.807, 2.05) is 18.4 Å². The third-order valence-electron chi connectivity index (χ3n) is 4.94. The van der Waals surface area contributed by atoms with Crippen molar-refractivity contribution in [3.63, 3.8) is 0 Å². The standard InChI is InChI=1S/C9H11F2N3O2.C8H9F.C5H8O/c1-2-3-6(16-9(10)11)5-4-13-14-8(15)7(5)12;1-2-7-5-3-4-6-8(7)9;1-4-2-6-3-5(1)4/h4,9,12H,2-3H2,1H3,(H,14,15);3-6H,2H2,1H3;4-5H,1-3H2/b6-5+,12-7?;;. The third-order valence-corrected chi connectivity index (χ3v) is 4.94. The number of amides is 1. The van der Waals surface area contributed by atoms with Crippen molar-refractivity contribution >= 4 is 17.8 Å². The van der Waals surface area contributed by atoms with Gasteiger partial charge < -0.3 is 9.47 Å². The van der Waals surface area contributed by atoms with Gasteiger partial charge in [0, 0.05) is 19.6 Å². The van der Waals surface area contributed by atoms with Gasteiger partial charge in [-0.05, 0) is 42.7 Å². The van der Waals surface area contributed by atoms with Gasteiger partial charge in [-0.15, -0.1) is 0 Å². The second-order valence-electron chi connectivity index (χ2n) is 7.28. The van der Waals surface area contributed by atoms with E-state index in [0.717, 1.165) is 43.2 Å². The molecular formula is C22H28F3N3O3. The van der Waals surface area contributed by atoms with Crippen LogP contribution in [0.1, 0.15) is 38.7 Å². The number of aryl methyl sites for hydroxylation is 1. The van der Waals surface area contributed by atoms with Crippen LogP contribution in [0.25, 0.3) is 0 Å². The first-order chi connectivity index (χ1) is 14.9. The van der Waals surface area contributed by atoms with E-state index in [1.165, 1.54) is 12.5 Å². The molecule has 1 aromatic carbocycles. The van der Waals surface area contributed by atoms with Crippen LogP contribution in [0.3, 0.4) is 0 Å². The van der Waals surface area contributed by atoms with Crippen LogP contribution in [0.4, 0.5) is 13.2 Å². The first kappa shape index (κ1) is 24.6. The average molecular weight is 439 g/mol. The van der Waals surface area contributed by atoms with Crippen LogP contribution >= 0.6 is 0 Å². The highest BCUT2D eigenvalue weighted by Crippen LogP contribution is 2.43. The molecule has 9 heteroatoms. The molecule has 2 aliphatic heterocycles. The fourth-order valence-electron chi connectivity index (χ4n) is 3.08. The van der Waals surface area contributed by atoms with Crippen molar-refractivity contribution in [3.8, 4) is 0 Å². The van der Waals surface area contributed by atoms with E-state index in [0.29, 0.717) is 6.42 Å². The molecule has 2 N–H and O–H groups in total. The molecule has 4 rings (SSSR count). The molecule has 6 nitrogen and oxygen atoms in total. The largest absolute Gasteiger partial charge is 0.439 e. The topological polar surface area (TPSA) is 83.8 Å². The molecule has 2 atom stereocenters. The van der Waals surface area contributed by atoms with Gasteiger partial charge in [0.25, 0.3) is 5.91 Å². The molecule has 2 heterocycles. The Hall–Kier alpha value is -2.68. The lowest BCUT2D eigenvalue weighted by atomic mass is 10.1. The lowest BCUT2D eigenvalue weighted by Gasteiger charge is -2.15. The van der Waals surface area contributed by atoms with Crippen molar-refractivity contribution < 1.29 is 27.4 Å². The number of ether oxygens (including phenoxy) is 2. The number of rotatable bonds is 5. The molecule has 3 aliphatic rings. The predicted molar refractivity (Wildman–Crippen MR) is 112 cm³/mol. The zero-order chi connectivity index (χ0) is 22.8. The maximum absolute atomic E-state index is 12.6. The fourth-order valence-corrected chi connectivity index (χ4v) is 3.08. The summed E-state index contributed by atoms with van der Waals surface area (Å²) in [5, 5.41) is 10.9. The quantitative estimate of drug-likeness (QED) is 0.665. The molecule has 0 spiro atoms. The van der Waals surface area contributed by atoms with Gasteiger partial charge in [0.1, 0.15) is 17.3 Å². The summed E-state index contributed by atoms with van der Waals surface area (Å²) >= 11 is 0. The van der Waals surface area contributed by atoms with Crippen LogP contribution < -0.4 is 5.43 Å². The fraction of sp³-hybridized carbons (Fsp3) is 0.500. The normalized spacial score (nSPS) is 22.5. The minimum atomic E-state index is -2.97. The van der Waals surface area contributed by atoms with Gasteiger partial charge in [-0.3, -0.25) is 10.2 Å². The van der Waals surface area contributed by atoms with Crippen LogP contribution in [0.15, 0.2) is 40.7 Å².